The summed E-state index contributed by atoms with van der Waals surface area (Å²) in [7, 11) is 1.78. The highest BCUT2D eigenvalue weighted by molar-refractivity contribution is 6.42. The highest BCUT2D eigenvalue weighted by Gasteiger charge is 2.18. The number of hydrogen-bond donors (Lipinski definition) is 1. The topological polar surface area (TPSA) is 46.3 Å². The molecule has 0 saturated heterocycles. The molecule has 1 amide bonds. The van der Waals surface area contributed by atoms with E-state index < -0.39 is 0 Å². The first-order valence-electron chi connectivity index (χ1n) is 6.35. The number of carbonyl (C=O) groups excluding carboxylic acids is 1. The minimum absolute atomic E-state index is 0.0218. The van der Waals surface area contributed by atoms with Crippen molar-refractivity contribution in [3.05, 3.63) is 33.8 Å². The lowest BCUT2D eigenvalue weighted by atomic mass is 10.0. The summed E-state index contributed by atoms with van der Waals surface area (Å²) >= 11 is 12.1. The first-order valence-corrected chi connectivity index (χ1v) is 7.11. The van der Waals surface area contributed by atoms with E-state index in [9.17, 15) is 4.79 Å². The summed E-state index contributed by atoms with van der Waals surface area (Å²) in [6.45, 7) is 3.00. The zero-order valence-corrected chi connectivity index (χ0v) is 12.8. The quantitative estimate of drug-likeness (QED) is 0.876. The van der Waals surface area contributed by atoms with Crippen LogP contribution in [0.25, 0.3) is 0 Å². The molecule has 0 aliphatic carbocycles. The van der Waals surface area contributed by atoms with Gasteiger partial charge < -0.3 is 10.6 Å². The van der Waals surface area contributed by atoms with Crippen molar-refractivity contribution in [2.75, 3.05) is 13.6 Å². The summed E-state index contributed by atoms with van der Waals surface area (Å²) in [5.41, 5.74) is 6.31. The minimum Gasteiger partial charge on any atom is -0.341 e. The van der Waals surface area contributed by atoms with Gasteiger partial charge in [-0.05, 0) is 31.0 Å². The van der Waals surface area contributed by atoms with Gasteiger partial charge in [-0.2, -0.15) is 0 Å². The van der Waals surface area contributed by atoms with Crippen LogP contribution < -0.4 is 5.73 Å². The Morgan fingerprint density at radius 3 is 2.74 bits per heavy atom. The van der Waals surface area contributed by atoms with E-state index in [2.05, 4.69) is 0 Å². The summed E-state index contributed by atoms with van der Waals surface area (Å²) in [5.74, 6) is 0.0796. The van der Waals surface area contributed by atoms with E-state index in [-0.39, 0.29) is 11.8 Å². The summed E-state index contributed by atoms with van der Waals surface area (Å²) < 4.78 is 0. The molecule has 0 radical (unpaired) electrons. The van der Waals surface area contributed by atoms with Crippen LogP contribution in [0, 0.1) is 5.92 Å². The number of benzene rings is 1. The molecule has 2 N–H and O–H groups in total. The normalized spacial score (nSPS) is 12.3. The number of rotatable bonds is 6. The molecule has 0 heterocycles. The van der Waals surface area contributed by atoms with E-state index in [1.807, 2.05) is 19.1 Å². The molecule has 1 atom stereocenters. The number of nitrogens with two attached hydrogens (primary N) is 1. The molecule has 1 rings (SSSR count). The van der Waals surface area contributed by atoms with Crippen LogP contribution in [0.15, 0.2) is 18.2 Å². The van der Waals surface area contributed by atoms with E-state index >= 15 is 0 Å². The average Bonchev–Trinajstić information content (AvgIpc) is 2.40. The monoisotopic (exact) mass is 302 g/mol. The maximum atomic E-state index is 12.2. The zero-order valence-electron chi connectivity index (χ0n) is 11.3. The SMILES string of the molecule is CC(CCCN)C(=O)N(C)Cc1cccc(Cl)c1Cl. The summed E-state index contributed by atoms with van der Waals surface area (Å²) in [6, 6.07) is 5.45. The Kier molecular flexibility index (Phi) is 6.63. The molecule has 1 aromatic rings. The number of amides is 1. The fraction of sp³-hybridized carbons (Fsp3) is 0.500. The molecular formula is C14H20Cl2N2O. The van der Waals surface area contributed by atoms with E-state index in [1.165, 1.54) is 0 Å². The maximum absolute atomic E-state index is 12.2. The van der Waals surface area contributed by atoms with Gasteiger partial charge in [-0.15, -0.1) is 0 Å². The second-order valence-corrected chi connectivity index (χ2v) is 5.52. The van der Waals surface area contributed by atoms with Crippen molar-refractivity contribution in [2.45, 2.75) is 26.3 Å². The van der Waals surface area contributed by atoms with Crippen molar-refractivity contribution in [3.63, 3.8) is 0 Å². The predicted molar refractivity (Wildman–Crippen MR) is 80.4 cm³/mol. The highest BCUT2D eigenvalue weighted by Crippen LogP contribution is 2.26. The van der Waals surface area contributed by atoms with Crippen LogP contribution in [-0.2, 0) is 11.3 Å². The molecule has 0 aromatic heterocycles. The van der Waals surface area contributed by atoms with Gasteiger partial charge >= 0.3 is 0 Å². The number of hydrogen-bond acceptors (Lipinski definition) is 2. The molecular weight excluding hydrogens is 283 g/mol. The van der Waals surface area contributed by atoms with Crippen LogP contribution in [0.1, 0.15) is 25.3 Å². The van der Waals surface area contributed by atoms with Gasteiger partial charge in [0.1, 0.15) is 0 Å². The minimum atomic E-state index is -0.0218. The third-order valence-corrected chi connectivity index (χ3v) is 3.94. The Morgan fingerprint density at radius 1 is 1.42 bits per heavy atom. The lowest BCUT2D eigenvalue weighted by molar-refractivity contribution is -0.134. The third kappa shape index (κ3) is 4.68. The van der Waals surface area contributed by atoms with Crippen molar-refractivity contribution < 1.29 is 4.79 Å². The molecule has 0 spiro atoms. The first kappa shape index (κ1) is 16.3. The standard InChI is InChI=1S/C14H20Cl2N2O/c1-10(5-4-8-17)14(19)18(2)9-11-6-3-7-12(15)13(11)16/h3,6-7,10H,4-5,8-9,17H2,1-2H3. The van der Waals surface area contributed by atoms with Crippen LogP contribution in [-0.4, -0.2) is 24.4 Å². The fourth-order valence-electron chi connectivity index (χ4n) is 1.93. The Bertz CT molecular complexity index is 437. The van der Waals surface area contributed by atoms with E-state index in [0.717, 1.165) is 18.4 Å². The largest absolute Gasteiger partial charge is 0.341 e. The summed E-state index contributed by atoms with van der Waals surface area (Å²) in [5, 5.41) is 1.02. The van der Waals surface area contributed by atoms with Crippen molar-refractivity contribution in [1.82, 2.24) is 4.90 Å². The molecule has 1 unspecified atom stereocenters. The first-order chi connectivity index (χ1) is 8.97. The fourth-order valence-corrected chi connectivity index (χ4v) is 2.31. The van der Waals surface area contributed by atoms with Crippen LogP contribution >= 0.6 is 23.2 Å². The van der Waals surface area contributed by atoms with Crippen LogP contribution in [0.3, 0.4) is 0 Å². The van der Waals surface area contributed by atoms with Crippen molar-refractivity contribution >= 4 is 29.1 Å². The molecule has 0 saturated carbocycles. The summed E-state index contributed by atoms with van der Waals surface area (Å²) in [6.07, 6.45) is 1.67. The molecule has 3 nitrogen and oxygen atoms in total. The summed E-state index contributed by atoms with van der Waals surface area (Å²) in [4.78, 5) is 13.8. The molecule has 0 aliphatic heterocycles. The van der Waals surface area contributed by atoms with Gasteiger partial charge in [0.2, 0.25) is 5.91 Å². The third-order valence-electron chi connectivity index (χ3n) is 3.08. The van der Waals surface area contributed by atoms with Crippen molar-refractivity contribution in [1.29, 1.82) is 0 Å². The van der Waals surface area contributed by atoms with Gasteiger partial charge in [-0.1, -0.05) is 42.3 Å². The highest BCUT2D eigenvalue weighted by atomic mass is 35.5. The van der Waals surface area contributed by atoms with Gasteiger partial charge in [0.15, 0.2) is 0 Å². The number of carbonyl (C=O) groups is 1. The number of nitrogens with zero attached hydrogens (tertiary/aromatic N) is 1. The lowest BCUT2D eigenvalue weighted by Gasteiger charge is -2.22. The van der Waals surface area contributed by atoms with Gasteiger partial charge in [-0.3, -0.25) is 4.79 Å². The van der Waals surface area contributed by atoms with Crippen LogP contribution in [0.4, 0.5) is 0 Å². The molecule has 0 fully saturated rings. The smallest absolute Gasteiger partial charge is 0.225 e. The predicted octanol–water partition coefficient (Wildman–Crippen LogP) is 3.33. The van der Waals surface area contributed by atoms with Crippen LogP contribution in [0.5, 0.6) is 0 Å². The van der Waals surface area contributed by atoms with Crippen LogP contribution in [0.2, 0.25) is 10.0 Å². The Hall–Kier alpha value is -0.770. The second-order valence-electron chi connectivity index (χ2n) is 4.74. The van der Waals surface area contributed by atoms with E-state index in [1.54, 1.807) is 18.0 Å². The van der Waals surface area contributed by atoms with Crippen molar-refractivity contribution in [2.24, 2.45) is 11.7 Å². The second kappa shape index (κ2) is 7.73. The van der Waals surface area contributed by atoms with E-state index in [4.69, 9.17) is 28.9 Å². The average molecular weight is 303 g/mol. The molecule has 0 aliphatic rings. The molecule has 5 heteroatoms. The lowest BCUT2D eigenvalue weighted by Crippen LogP contribution is -2.31. The Morgan fingerprint density at radius 2 is 2.11 bits per heavy atom. The molecule has 19 heavy (non-hydrogen) atoms. The maximum Gasteiger partial charge on any atom is 0.225 e. The molecule has 0 bridgehead atoms. The number of halogens is 2. The van der Waals surface area contributed by atoms with E-state index in [0.29, 0.717) is 23.1 Å². The zero-order chi connectivity index (χ0) is 14.4. The molecule has 1 aromatic carbocycles. The van der Waals surface area contributed by atoms with Gasteiger partial charge in [0.25, 0.3) is 0 Å². The Balaban J connectivity index is 2.66. The van der Waals surface area contributed by atoms with Gasteiger partial charge in [0, 0.05) is 19.5 Å². The Labute approximate surface area is 124 Å². The van der Waals surface area contributed by atoms with Gasteiger partial charge in [-0.25, -0.2) is 0 Å². The van der Waals surface area contributed by atoms with Gasteiger partial charge in [0.05, 0.1) is 10.0 Å². The molecule has 106 valence electrons. The van der Waals surface area contributed by atoms with Crippen molar-refractivity contribution in [3.8, 4) is 0 Å².